The van der Waals surface area contributed by atoms with Crippen molar-refractivity contribution >= 4 is 29.3 Å². The van der Waals surface area contributed by atoms with Crippen LogP contribution < -0.4 is 10.2 Å². The van der Waals surface area contributed by atoms with E-state index in [9.17, 15) is 9.59 Å². The fourth-order valence-corrected chi connectivity index (χ4v) is 4.09. The summed E-state index contributed by atoms with van der Waals surface area (Å²) in [5, 5.41) is 3.02. The fourth-order valence-electron chi connectivity index (χ4n) is 4.09. The van der Waals surface area contributed by atoms with Crippen molar-refractivity contribution in [2.75, 3.05) is 10.2 Å². The highest BCUT2D eigenvalue weighted by Gasteiger charge is 2.55. The van der Waals surface area contributed by atoms with Gasteiger partial charge in [0.25, 0.3) is 5.91 Å². The Morgan fingerprint density at radius 3 is 2.09 bits per heavy atom. The number of carbonyl (C=O) groups excluding carboxylic acids is 2. The Bertz CT molecular complexity index is 1140. The van der Waals surface area contributed by atoms with Crippen LogP contribution in [0.25, 0.3) is 6.08 Å². The highest BCUT2D eigenvalue weighted by molar-refractivity contribution is 6.18. The number of rotatable bonds is 7. The van der Waals surface area contributed by atoms with E-state index in [2.05, 4.69) is 33.0 Å². The summed E-state index contributed by atoms with van der Waals surface area (Å²) in [6.45, 7) is 8.51. The van der Waals surface area contributed by atoms with E-state index < -0.39 is 5.54 Å². The average Bonchev–Trinajstić information content (AvgIpc) is 3.30. The van der Waals surface area contributed by atoms with Gasteiger partial charge in [-0.3, -0.25) is 14.5 Å². The maximum Gasteiger partial charge on any atom is 0.255 e. The van der Waals surface area contributed by atoms with E-state index >= 15 is 0 Å². The Balaban J connectivity index is 1.67. The van der Waals surface area contributed by atoms with Crippen molar-refractivity contribution < 1.29 is 14.0 Å². The number of furan rings is 1. The Labute approximate surface area is 195 Å². The minimum Gasteiger partial charge on any atom is -0.465 e. The van der Waals surface area contributed by atoms with Gasteiger partial charge in [0, 0.05) is 11.4 Å². The first kappa shape index (κ1) is 22.6. The lowest BCUT2D eigenvalue weighted by Crippen LogP contribution is -2.68. The van der Waals surface area contributed by atoms with E-state index in [0.717, 1.165) is 0 Å². The van der Waals surface area contributed by atoms with Crippen LogP contribution >= 0.6 is 0 Å². The first-order chi connectivity index (χ1) is 15.8. The number of anilines is 2. The van der Waals surface area contributed by atoms with Gasteiger partial charge in [-0.05, 0) is 71.5 Å². The molecule has 5 heteroatoms. The van der Waals surface area contributed by atoms with Gasteiger partial charge < -0.3 is 9.73 Å². The third-order valence-corrected chi connectivity index (χ3v) is 6.18. The molecule has 1 aliphatic rings. The van der Waals surface area contributed by atoms with E-state index in [1.54, 1.807) is 29.4 Å². The molecule has 0 bridgehead atoms. The van der Waals surface area contributed by atoms with Crippen molar-refractivity contribution in [1.29, 1.82) is 0 Å². The Morgan fingerprint density at radius 1 is 0.970 bits per heavy atom. The van der Waals surface area contributed by atoms with E-state index in [1.165, 1.54) is 11.1 Å². The van der Waals surface area contributed by atoms with E-state index in [-0.39, 0.29) is 18.2 Å². The van der Waals surface area contributed by atoms with Crippen LogP contribution in [0.15, 0.2) is 77.4 Å². The number of carbonyl (C=O) groups is 2. The molecular formula is C28H30N2O3. The van der Waals surface area contributed by atoms with Crippen molar-refractivity contribution in [3.05, 3.63) is 89.9 Å². The lowest BCUT2D eigenvalue weighted by Gasteiger charge is -2.48. The molecule has 3 aromatic rings. The van der Waals surface area contributed by atoms with Crippen LogP contribution in [-0.4, -0.2) is 17.4 Å². The molecule has 1 fully saturated rings. The summed E-state index contributed by atoms with van der Waals surface area (Å²) in [4.78, 5) is 28.0. The Hall–Kier alpha value is -3.60. The van der Waals surface area contributed by atoms with Gasteiger partial charge in [0.05, 0.1) is 12.7 Å². The van der Waals surface area contributed by atoms with Crippen molar-refractivity contribution in [2.24, 2.45) is 0 Å². The van der Waals surface area contributed by atoms with Crippen LogP contribution in [0.3, 0.4) is 0 Å². The van der Waals surface area contributed by atoms with Crippen molar-refractivity contribution in [3.63, 3.8) is 0 Å². The lowest BCUT2D eigenvalue weighted by molar-refractivity contribution is -0.134. The summed E-state index contributed by atoms with van der Waals surface area (Å²) in [5.74, 6) is 1.06. The van der Waals surface area contributed by atoms with Gasteiger partial charge in [-0.1, -0.05) is 52.0 Å². The molecule has 1 atom stereocenters. The zero-order valence-electron chi connectivity index (χ0n) is 19.5. The van der Waals surface area contributed by atoms with E-state index in [4.69, 9.17) is 4.42 Å². The molecule has 1 N–H and O–H groups in total. The van der Waals surface area contributed by atoms with Crippen molar-refractivity contribution in [3.8, 4) is 0 Å². The number of nitrogens with zero attached hydrogens (tertiary/aromatic N) is 1. The van der Waals surface area contributed by atoms with Gasteiger partial charge in [-0.25, -0.2) is 0 Å². The molecule has 2 aromatic carbocycles. The minimum absolute atomic E-state index is 0.0893. The molecule has 170 valence electrons. The number of benzene rings is 2. The second-order valence-corrected chi connectivity index (χ2v) is 9.16. The highest BCUT2D eigenvalue weighted by Crippen LogP contribution is 2.40. The molecule has 0 saturated carbocycles. The first-order valence-corrected chi connectivity index (χ1v) is 11.4. The molecule has 0 aliphatic carbocycles. The zero-order valence-corrected chi connectivity index (χ0v) is 19.5. The van der Waals surface area contributed by atoms with Crippen LogP contribution in [0.4, 0.5) is 11.4 Å². The van der Waals surface area contributed by atoms with Crippen LogP contribution in [0.1, 0.15) is 62.8 Å². The fraction of sp³-hybridized carbons (Fsp3) is 0.286. The van der Waals surface area contributed by atoms with Gasteiger partial charge >= 0.3 is 0 Å². The third-order valence-electron chi connectivity index (χ3n) is 6.18. The molecule has 1 saturated heterocycles. The largest absolute Gasteiger partial charge is 0.465 e. The number of hydrogen-bond acceptors (Lipinski definition) is 3. The Morgan fingerprint density at radius 2 is 1.58 bits per heavy atom. The predicted octanol–water partition coefficient (Wildman–Crippen LogP) is 6.35. The molecule has 0 spiro atoms. The normalized spacial score (nSPS) is 18.2. The van der Waals surface area contributed by atoms with Crippen LogP contribution in [0, 0.1) is 0 Å². The van der Waals surface area contributed by atoms with E-state index in [0.29, 0.717) is 29.0 Å². The predicted molar refractivity (Wildman–Crippen MR) is 132 cm³/mol. The summed E-state index contributed by atoms with van der Waals surface area (Å²) < 4.78 is 5.42. The van der Waals surface area contributed by atoms with Gasteiger partial charge in [0.2, 0.25) is 5.91 Å². The van der Waals surface area contributed by atoms with Crippen molar-refractivity contribution in [1.82, 2.24) is 0 Å². The van der Waals surface area contributed by atoms with Crippen LogP contribution in [0.2, 0.25) is 0 Å². The quantitative estimate of drug-likeness (QED) is 0.433. The van der Waals surface area contributed by atoms with E-state index in [1.807, 2.05) is 54.6 Å². The number of β-lactam (4-membered cyclic amide) rings is 1. The van der Waals surface area contributed by atoms with Crippen LogP contribution in [0.5, 0.6) is 0 Å². The third kappa shape index (κ3) is 4.49. The van der Waals surface area contributed by atoms with Gasteiger partial charge in [0.1, 0.15) is 5.76 Å². The van der Waals surface area contributed by atoms with Gasteiger partial charge in [-0.15, -0.1) is 0 Å². The smallest absolute Gasteiger partial charge is 0.255 e. The summed E-state index contributed by atoms with van der Waals surface area (Å²) >= 11 is 0. The molecular weight excluding hydrogens is 412 g/mol. The molecule has 4 rings (SSSR count). The zero-order chi connectivity index (χ0) is 23.6. The summed E-state index contributed by atoms with van der Waals surface area (Å²) in [5.41, 5.74) is 2.64. The second kappa shape index (κ2) is 9.10. The topological polar surface area (TPSA) is 62.6 Å². The standard InChI is InChI=1S/C28H30N2O3/c1-19(2)21-7-11-23(12-8-21)29-27(32)28(16-15-25-6-5-17-33-25)18-26(31)30(28)24-13-9-22(10-14-24)20(3)4/h5-17,19-20H,18H2,1-4H3,(H,29,32). The molecule has 1 unspecified atom stereocenters. The van der Waals surface area contributed by atoms with Crippen LogP contribution in [-0.2, 0) is 9.59 Å². The number of amides is 2. The molecule has 33 heavy (non-hydrogen) atoms. The molecule has 1 aromatic heterocycles. The van der Waals surface area contributed by atoms with Gasteiger partial charge in [-0.2, -0.15) is 0 Å². The molecule has 2 amide bonds. The minimum atomic E-state index is -1.14. The van der Waals surface area contributed by atoms with Crippen molar-refractivity contribution in [2.45, 2.75) is 51.5 Å². The summed E-state index contributed by atoms with van der Waals surface area (Å²) in [6, 6.07) is 19.3. The molecule has 1 aliphatic heterocycles. The Kier molecular flexibility index (Phi) is 6.23. The molecule has 0 radical (unpaired) electrons. The number of nitrogens with one attached hydrogen (secondary N) is 1. The SMILES string of the molecule is CC(C)c1ccc(NC(=O)C2(C=Cc3ccco3)CC(=O)N2c2ccc(C(C)C)cc2)cc1. The molecule has 5 nitrogen and oxygen atoms in total. The first-order valence-electron chi connectivity index (χ1n) is 11.4. The van der Waals surface area contributed by atoms with Gasteiger partial charge in [0.15, 0.2) is 5.54 Å². The summed E-state index contributed by atoms with van der Waals surface area (Å²) in [7, 11) is 0. The lowest BCUT2D eigenvalue weighted by atomic mass is 9.81. The highest BCUT2D eigenvalue weighted by atomic mass is 16.3. The summed E-state index contributed by atoms with van der Waals surface area (Å²) in [6.07, 6.45) is 5.19. The maximum absolute atomic E-state index is 13.6. The average molecular weight is 443 g/mol. The number of hydrogen-bond donors (Lipinski definition) is 1. The maximum atomic E-state index is 13.6. The second-order valence-electron chi connectivity index (χ2n) is 9.16. The molecule has 2 heterocycles. The monoisotopic (exact) mass is 442 g/mol.